The van der Waals surface area contributed by atoms with Crippen LogP contribution in [0.1, 0.15) is 0 Å². The molecule has 0 aliphatic carbocycles. The van der Waals surface area contributed by atoms with E-state index in [1.54, 1.807) is 36.4 Å². The molecule has 0 bridgehead atoms. The van der Waals surface area contributed by atoms with Gasteiger partial charge in [0.2, 0.25) is 5.82 Å². The number of benzene rings is 2. The average Bonchev–Trinajstić information content (AvgIpc) is 2.90. The fourth-order valence-electron chi connectivity index (χ4n) is 1.89. The molecule has 0 unspecified atom stereocenters. The molecule has 2 aromatic carbocycles. The van der Waals surface area contributed by atoms with Gasteiger partial charge in [-0.05, 0) is 36.4 Å². The SMILES string of the molecule is Nc1cc(N)cc(-c2nc(-c3ccc(Cl)c(Cl)c3)no2)c1. The molecule has 0 saturated heterocycles. The average molecular weight is 321 g/mol. The molecule has 0 radical (unpaired) electrons. The third kappa shape index (κ3) is 2.79. The van der Waals surface area contributed by atoms with Crippen LogP contribution < -0.4 is 11.5 Å². The van der Waals surface area contributed by atoms with Crippen LogP contribution in [0.3, 0.4) is 0 Å². The molecule has 3 aromatic rings. The Morgan fingerprint density at radius 2 is 1.57 bits per heavy atom. The second kappa shape index (κ2) is 5.27. The lowest BCUT2D eigenvalue weighted by molar-refractivity contribution is 0.432. The van der Waals surface area contributed by atoms with Crippen molar-refractivity contribution in [3.63, 3.8) is 0 Å². The van der Waals surface area contributed by atoms with E-state index in [9.17, 15) is 0 Å². The molecule has 0 fully saturated rings. The van der Waals surface area contributed by atoms with Crippen molar-refractivity contribution in [1.29, 1.82) is 0 Å². The zero-order valence-corrected chi connectivity index (χ0v) is 12.2. The number of rotatable bonds is 2. The summed E-state index contributed by atoms with van der Waals surface area (Å²) in [6, 6.07) is 10.2. The lowest BCUT2D eigenvalue weighted by Crippen LogP contribution is -1.91. The van der Waals surface area contributed by atoms with Gasteiger partial charge in [-0.3, -0.25) is 0 Å². The summed E-state index contributed by atoms with van der Waals surface area (Å²) in [5.41, 5.74) is 13.9. The first-order valence-corrected chi connectivity index (χ1v) is 6.74. The standard InChI is InChI=1S/C14H10Cl2N4O/c15-11-2-1-7(5-12(11)16)13-19-14(21-20-13)8-3-9(17)6-10(18)4-8/h1-6H,17-18H2. The Labute approximate surface area is 130 Å². The summed E-state index contributed by atoms with van der Waals surface area (Å²) in [6.07, 6.45) is 0. The van der Waals surface area contributed by atoms with E-state index in [-0.39, 0.29) is 0 Å². The number of hydrogen-bond donors (Lipinski definition) is 2. The maximum atomic E-state index is 5.98. The lowest BCUT2D eigenvalue weighted by Gasteiger charge is -1.99. The molecule has 4 N–H and O–H groups in total. The lowest BCUT2D eigenvalue weighted by atomic mass is 10.1. The number of nitrogens with two attached hydrogens (primary N) is 2. The highest BCUT2D eigenvalue weighted by atomic mass is 35.5. The predicted octanol–water partition coefficient (Wildman–Crippen LogP) is 3.87. The number of nitrogen functional groups attached to an aromatic ring is 2. The normalized spacial score (nSPS) is 10.8. The van der Waals surface area contributed by atoms with Crippen LogP contribution >= 0.6 is 23.2 Å². The van der Waals surface area contributed by atoms with Crippen LogP contribution in [-0.2, 0) is 0 Å². The van der Waals surface area contributed by atoms with Crippen molar-refractivity contribution >= 4 is 34.6 Å². The molecule has 0 aliphatic heterocycles. The van der Waals surface area contributed by atoms with E-state index in [1.807, 2.05) is 0 Å². The van der Waals surface area contributed by atoms with Crippen LogP contribution in [0.5, 0.6) is 0 Å². The first kappa shape index (κ1) is 13.7. The van der Waals surface area contributed by atoms with E-state index in [2.05, 4.69) is 10.1 Å². The molecule has 0 atom stereocenters. The third-order valence-electron chi connectivity index (χ3n) is 2.83. The van der Waals surface area contributed by atoms with Gasteiger partial charge >= 0.3 is 0 Å². The zero-order chi connectivity index (χ0) is 15.0. The molecule has 0 saturated carbocycles. The molecule has 106 valence electrons. The van der Waals surface area contributed by atoms with E-state index < -0.39 is 0 Å². The Morgan fingerprint density at radius 3 is 2.24 bits per heavy atom. The highest BCUT2D eigenvalue weighted by Gasteiger charge is 2.12. The van der Waals surface area contributed by atoms with Gasteiger partial charge in [0.15, 0.2) is 0 Å². The van der Waals surface area contributed by atoms with E-state index in [0.29, 0.717) is 44.3 Å². The Balaban J connectivity index is 2.01. The fourth-order valence-corrected chi connectivity index (χ4v) is 2.19. The van der Waals surface area contributed by atoms with Crippen molar-refractivity contribution in [2.45, 2.75) is 0 Å². The molecule has 1 aromatic heterocycles. The number of halogens is 2. The topological polar surface area (TPSA) is 91.0 Å². The fraction of sp³-hybridized carbons (Fsp3) is 0. The number of nitrogens with zero attached hydrogens (tertiary/aromatic N) is 2. The predicted molar refractivity (Wildman–Crippen MR) is 84.0 cm³/mol. The molecule has 3 rings (SSSR count). The minimum Gasteiger partial charge on any atom is -0.399 e. The third-order valence-corrected chi connectivity index (χ3v) is 3.57. The van der Waals surface area contributed by atoms with Gasteiger partial charge in [-0.2, -0.15) is 4.98 Å². The summed E-state index contributed by atoms with van der Waals surface area (Å²) < 4.78 is 5.24. The van der Waals surface area contributed by atoms with Gasteiger partial charge in [0.25, 0.3) is 5.89 Å². The van der Waals surface area contributed by atoms with Crippen molar-refractivity contribution in [3.05, 3.63) is 46.4 Å². The molecule has 7 heteroatoms. The molecule has 0 spiro atoms. The zero-order valence-electron chi connectivity index (χ0n) is 10.7. The molecule has 1 heterocycles. The minimum absolute atomic E-state index is 0.329. The number of hydrogen-bond acceptors (Lipinski definition) is 5. The Morgan fingerprint density at radius 1 is 0.857 bits per heavy atom. The van der Waals surface area contributed by atoms with Crippen molar-refractivity contribution < 1.29 is 4.52 Å². The summed E-state index contributed by atoms with van der Waals surface area (Å²) in [4.78, 5) is 4.31. The van der Waals surface area contributed by atoms with E-state index in [1.165, 1.54) is 0 Å². The van der Waals surface area contributed by atoms with Crippen LogP contribution in [0.15, 0.2) is 40.9 Å². The van der Waals surface area contributed by atoms with Crippen LogP contribution in [-0.4, -0.2) is 10.1 Å². The molecule has 0 amide bonds. The summed E-state index contributed by atoms with van der Waals surface area (Å²) in [5.74, 6) is 0.736. The Kier molecular flexibility index (Phi) is 3.45. The van der Waals surface area contributed by atoms with Gasteiger partial charge in [0.1, 0.15) is 0 Å². The van der Waals surface area contributed by atoms with Crippen LogP contribution in [0.4, 0.5) is 11.4 Å². The van der Waals surface area contributed by atoms with Gasteiger partial charge in [0.05, 0.1) is 10.0 Å². The van der Waals surface area contributed by atoms with Gasteiger partial charge in [0, 0.05) is 22.5 Å². The van der Waals surface area contributed by atoms with Gasteiger partial charge in [-0.25, -0.2) is 0 Å². The second-order valence-corrected chi connectivity index (χ2v) is 5.25. The molecular weight excluding hydrogens is 311 g/mol. The minimum atomic E-state index is 0.329. The highest BCUT2D eigenvalue weighted by molar-refractivity contribution is 6.42. The number of aromatic nitrogens is 2. The first-order valence-electron chi connectivity index (χ1n) is 5.98. The second-order valence-electron chi connectivity index (χ2n) is 4.44. The molecule has 5 nitrogen and oxygen atoms in total. The van der Waals surface area contributed by atoms with E-state index >= 15 is 0 Å². The van der Waals surface area contributed by atoms with Gasteiger partial charge in [-0.15, -0.1) is 0 Å². The smallest absolute Gasteiger partial charge is 0.258 e. The molecule has 0 aliphatic rings. The van der Waals surface area contributed by atoms with Gasteiger partial charge < -0.3 is 16.0 Å². The van der Waals surface area contributed by atoms with Crippen molar-refractivity contribution in [1.82, 2.24) is 10.1 Å². The summed E-state index contributed by atoms with van der Waals surface area (Å²) in [5, 5.41) is 4.81. The maximum Gasteiger partial charge on any atom is 0.258 e. The summed E-state index contributed by atoms with van der Waals surface area (Å²) >= 11 is 11.9. The van der Waals surface area contributed by atoms with Crippen LogP contribution in [0.2, 0.25) is 10.0 Å². The summed E-state index contributed by atoms with van der Waals surface area (Å²) in [6.45, 7) is 0. The largest absolute Gasteiger partial charge is 0.399 e. The van der Waals surface area contributed by atoms with E-state index in [4.69, 9.17) is 39.2 Å². The van der Waals surface area contributed by atoms with E-state index in [0.717, 1.165) is 0 Å². The molecule has 21 heavy (non-hydrogen) atoms. The van der Waals surface area contributed by atoms with Crippen molar-refractivity contribution in [2.75, 3.05) is 11.5 Å². The van der Waals surface area contributed by atoms with Gasteiger partial charge in [-0.1, -0.05) is 28.4 Å². The summed E-state index contributed by atoms with van der Waals surface area (Å²) in [7, 11) is 0. The monoisotopic (exact) mass is 320 g/mol. The molecular formula is C14H10Cl2N4O. The number of anilines is 2. The van der Waals surface area contributed by atoms with Crippen LogP contribution in [0, 0.1) is 0 Å². The van der Waals surface area contributed by atoms with Crippen molar-refractivity contribution in [2.24, 2.45) is 0 Å². The first-order chi connectivity index (χ1) is 10.0. The quantitative estimate of drug-likeness (QED) is 0.699. The maximum absolute atomic E-state index is 5.98. The Bertz CT molecular complexity index is 796. The van der Waals surface area contributed by atoms with Crippen LogP contribution in [0.25, 0.3) is 22.8 Å². The highest BCUT2D eigenvalue weighted by Crippen LogP contribution is 2.29. The Hall–Kier alpha value is -2.24. The van der Waals surface area contributed by atoms with Crippen molar-refractivity contribution in [3.8, 4) is 22.8 Å².